The summed E-state index contributed by atoms with van der Waals surface area (Å²) in [6.07, 6.45) is 2.75. The number of alkyl halides is 2. The molecule has 0 aliphatic heterocycles. The Kier molecular flexibility index (Phi) is 4.64. The third kappa shape index (κ3) is 3.77. The van der Waals surface area contributed by atoms with Crippen LogP contribution in [0.1, 0.15) is 5.69 Å². The minimum absolute atomic E-state index is 0.0267. The van der Waals surface area contributed by atoms with Crippen LogP contribution in [0, 0.1) is 10.1 Å². The van der Waals surface area contributed by atoms with Crippen molar-refractivity contribution in [3.63, 3.8) is 0 Å². The Labute approximate surface area is 140 Å². The minimum atomic E-state index is -2.90. The van der Waals surface area contributed by atoms with Crippen LogP contribution >= 0.6 is 0 Å². The van der Waals surface area contributed by atoms with Gasteiger partial charge < -0.3 is 10.1 Å². The quantitative estimate of drug-likeness (QED) is 0.540. The lowest BCUT2D eigenvalue weighted by atomic mass is 10.1. The maximum Gasteiger partial charge on any atom is 0.387 e. The average molecular weight is 346 g/mol. The first-order valence-corrected chi connectivity index (χ1v) is 7.20. The number of fused-ring (bicyclic) bond motifs is 1. The van der Waals surface area contributed by atoms with Crippen LogP contribution in [0.15, 0.2) is 48.8 Å². The van der Waals surface area contributed by atoms with E-state index in [9.17, 15) is 18.9 Å². The third-order valence-electron chi connectivity index (χ3n) is 3.43. The van der Waals surface area contributed by atoms with Gasteiger partial charge in [0.2, 0.25) is 0 Å². The number of hydrogen-bond donors (Lipinski definition) is 1. The number of nitrogens with zero attached hydrogens (tertiary/aromatic N) is 3. The first-order chi connectivity index (χ1) is 12.0. The molecule has 0 fully saturated rings. The zero-order valence-corrected chi connectivity index (χ0v) is 12.7. The van der Waals surface area contributed by atoms with Gasteiger partial charge in [0, 0.05) is 12.3 Å². The summed E-state index contributed by atoms with van der Waals surface area (Å²) >= 11 is 0. The fourth-order valence-electron chi connectivity index (χ4n) is 2.33. The van der Waals surface area contributed by atoms with E-state index in [1.807, 2.05) is 0 Å². The number of rotatable bonds is 6. The Bertz CT molecular complexity index is 904. The van der Waals surface area contributed by atoms with E-state index in [0.29, 0.717) is 28.8 Å². The maximum absolute atomic E-state index is 12.1. The molecule has 0 bridgehead atoms. The second kappa shape index (κ2) is 7.04. The third-order valence-corrected chi connectivity index (χ3v) is 3.43. The molecule has 0 aliphatic rings. The summed E-state index contributed by atoms with van der Waals surface area (Å²) in [5.41, 5.74) is 1.63. The Hall–Kier alpha value is -3.36. The lowest BCUT2D eigenvalue weighted by Crippen LogP contribution is -2.05. The molecule has 0 radical (unpaired) electrons. The van der Waals surface area contributed by atoms with Crippen LogP contribution in [-0.4, -0.2) is 21.5 Å². The van der Waals surface area contributed by atoms with E-state index in [1.165, 1.54) is 18.3 Å². The molecule has 0 saturated carbocycles. The van der Waals surface area contributed by atoms with Crippen molar-refractivity contribution in [1.82, 2.24) is 9.97 Å². The van der Waals surface area contributed by atoms with E-state index in [1.54, 1.807) is 30.5 Å². The molecule has 0 spiro atoms. The molecular formula is C16H12F2N4O3. The SMILES string of the molecule is O=[N+]([O-])c1ccc(NCc2ccc(OC(F)F)cn2)c2ncccc12. The number of ether oxygens (including phenoxy) is 1. The van der Waals surface area contributed by atoms with Crippen molar-refractivity contribution in [2.75, 3.05) is 5.32 Å². The van der Waals surface area contributed by atoms with E-state index in [-0.39, 0.29) is 11.4 Å². The molecule has 0 saturated heterocycles. The average Bonchev–Trinajstić information content (AvgIpc) is 2.60. The second-order valence-electron chi connectivity index (χ2n) is 5.01. The number of non-ortho nitro benzene ring substituents is 1. The van der Waals surface area contributed by atoms with Crippen LogP contribution in [0.25, 0.3) is 10.9 Å². The predicted molar refractivity (Wildman–Crippen MR) is 86.6 cm³/mol. The van der Waals surface area contributed by atoms with Gasteiger partial charge in [-0.3, -0.25) is 20.1 Å². The Morgan fingerprint density at radius 1 is 1.20 bits per heavy atom. The molecule has 1 aromatic carbocycles. The van der Waals surface area contributed by atoms with E-state index in [2.05, 4.69) is 20.0 Å². The first kappa shape index (κ1) is 16.5. The fraction of sp³-hybridized carbons (Fsp3) is 0.125. The summed E-state index contributed by atoms with van der Waals surface area (Å²) in [5, 5.41) is 14.6. The highest BCUT2D eigenvalue weighted by atomic mass is 19.3. The molecule has 0 atom stereocenters. The topological polar surface area (TPSA) is 90.2 Å². The van der Waals surface area contributed by atoms with Gasteiger partial charge in [-0.05, 0) is 30.3 Å². The molecule has 2 heterocycles. The molecule has 2 aromatic heterocycles. The van der Waals surface area contributed by atoms with Gasteiger partial charge in [-0.15, -0.1) is 0 Å². The number of nitro benzene ring substituents is 1. The molecule has 0 aliphatic carbocycles. The highest BCUT2D eigenvalue weighted by Gasteiger charge is 2.14. The number of halogens is 2. The van der Waals surface area contributed by atoms with Crippen molar-refractivity contribution in [1.29, 1.82) is 0 Å². The lowest BCUT2D eigenvalue weighted by molar-refractivity contribution is -0.383. The summed E-state index contributed by atoms with van der Waals surface area (Å²) in [7, 11) is 0. The highest BCUT2D eigenvalue weighted by Crippen LogP contribution is 2.29. The molecule has 3 rings (SSSR count). The maximum atomic E-state index is 12.1. The van der Waals surface area contributed by atoms with E-state index < -0.39 is 11.5 Å². The minimum Gasteiger partial charge on any atom is -0.433 e. The van der Waals surface area contributed by atoms with Crippen molar-refractivity contribution < 1.29 is 18.4 Å². The molecule has 7 nitrogen and oxygen atoms in total. The Balaban J connectivity index is 1.80. The zero-order chi connectivity index (χ0) is 17.8. The normalized spacial score (nSPS) is 10.8. The number of pyridine rings is 2. The van der Waals surface area contributed by atoms with Gasteiger partial charge in [-0.25, -0.2) is 0 Å². The second-order valence-corrected chi connectivity index (χ2v) is 5.01. The van der Waals surface area contributed by atoms with Crippen LogP contribution in [0.2, 0.25) is 0 Å². The van der Waals surface area contributed by atoms with Crippen LogP contribution in [-0.2, 0) is 6.54 Å². The molecular weight excluding hydrogens is 334 g/mol. The molecule has 0 amide bonds. The van der Waals surface area contributed by atoms with E-state index in [0.717, 1.165) is 0 Å². The Morgan fingerprint density at radius 3 is 2.72 bits per heavy atom. The summed E-state index contributed by atoms with van der Waals surface area (Å²) in [5.74, 6) is -0.0267. The molecule has 1 N–H and O–H groups in total. The zero-order valence-electron chi connectivity index (χ0n) is 12.7. The van der Waals surface area contributed by atoms with Gasteiger partial charge in [0.1, 0.15) is 11.3 Å². The number of benzene rings is 1. The number of aromatic nitrogens is 2. The van der Waals surface area contributed by atoms with Crippen molar-refractivity contribution in [3.8, 4) is 5.75 Å². The smallest absolute Gasteiger partial charge is 0.387 e. The van der Waals surface area contributed by atoms with Gasteiger partial charge in [-0.1, -0.05) is 0 Å². The van der Waals surface area contributed by atoms with Crippen molar-refractivity contribution in [3.05, 3.63) is 64.6 Å². The lowest BCUT2D eigenvalue weighted by Gasteiger charge is -2.10. The van der Waals surface area contributed by atoms with Crippen LogP contribution in [0.4, 0.5) is 20.2 Å². The van der Waals surface area contributed by atoms with Crippen molar-refractivity contribution in [2.45, 2.75) is 13.2 Å². The summed E-state index contributed by atoms with van der Waals surface area (Å²) in [6, 6.07) is 9.16. The predicted octanol–water partition coefficient (Wildman–Crippen LogP) is 3.75. The van der Waals surface area contributed by atoms with Gasteiger partial charge in [-0.2, -0.15) is 8.78 Å². The van der Waals surface area contributed by atoms with Crippen LogP contribution < -0.4 is 10.1 Å². The van der Waals surface area contributed by atoms with E-state index in [4.69, 9.17) is 0 Å². The van der Waals surface area contributed by atoms with Gasteiger partial charge >= 0.3 is 6.61 Å². The van der Waals surface area contributed by atoms with Crippen molar-refractivity contribution >= 4 is 22.3 Å². The molecule has 25 heavy (non-hydrogen) atoms. The molecule has 128 valence electrons. The Morgan fingerprint density at radius 2 is 2.04 bits per heavy atom. The van der Waals surface area contributed by atoms with Gasteiger partial charge in [0.15, 0.2) is 0 Å². The largest absolute Gasteiger partial charge is 0.433 e. The first-order valence-electron chi connectivity index (χ1n) is 7.20. The summed E-state index contributed by atoms with van der Waals surface area (Å²) in [6.45, 7) is -2.61. The number of anilines is 1. The standard InChI is InChI=1S/C16H12F2N4O3/c17-16(18)25-11-4-3-10(20-9-11)8-21-13-5-6-14(22(23)24)12-2-1-7-19-15(12)13/h1-7,9,16,21H,8H2. The molecule has 0 unspecified atom stereocenters. The molecule has 9 heteroatoms. The summed E-state index contributed by atoms with van der Waals surface area (Å²) in [4.78, 5) is 18.9. The number of hydrogen-bond acceptors (Lipinski definition) is 6. The van der Waals surface area contributed by atoms with Crippen molar-refractivity contribution in [2.24, 2.45) is 0 Å². The monoisotopic (exact) mass is 346 g/mol. The number of nitrogens with one attached hydrogen (secondary N) is 1. The summed E-state index contributed by atoms with van der Waals surface area (Å²) < 4.78 is 28.5. The van der Waals surface area contributed by atoms with Crippen LogP contribution in [0.3, 0.4) is 0 Å². The number of nitro groups is 1. The van der Waals surface area contributed by atoms with E-state index >= 15 is 0 Å². The van der Waals surface area contributed by atoms with Crippen LogP contribution in [0.5, 0.6) is 5.75 Å². The van der Waals surface area contributed by atoms with Gasteiger partial charge in [0.05, 0.1) is 34.4 Å². The van der Waals surface area contributed by atoms with Gasteiger partial charge in [0.25, 0.3) is 5.69 Å². The molecule has 3 aromatic rings. The fourth-order valence-corrected chi connectivity index (χ4v) is 2.33. The highest BCUT2D eigenvalue weighted by molar-refractivity contribution is 5.96.